The molecule has 2 N–H and O–H groups in total. The predicted molar refractivity (Wildman–Crippen MR) is 44.4 cm³/mol. The molecule has 0 aliphatic rings. The highest BCUT2D eigenvalue weighted by Gasteiger charge is 2.32. The van der Waals surface area contributed by atoms with Crippen LogP contribution in [0, 0.1) is 5.92 Å². The Balaban J connectivity index is 4.38. The summed E-state index contributed by atoms with van der Waals surface area (Å²) in [4.78, 5) is 0. The topological polar surface area (TPSA) is 61.5 Å². The molecule has 4 nitrogen and oxygen atoms in total. The van der Waals surface area contributed by atoms with Crippen LogP contribution in [0.1, 0.15) is 13.8 Å². The first-order valence-electron chi connectivity index (χ1n) is 3.44. The zero-order valence-corrected chi connectivity index (χ0v) is 8.30. The predicted octanol–water partition coefficient (Wildman–Crippen LogP) is 1.41. The van der Waals surface area contributed by atoms with Crippen molar-refractivity contribution in [3.8, 4) is 0 Å². The van der Waals surface area contributed by atoms with E-state index < -0.39 is 13.4 Å². The third-order valence-electron chi connectivity index (χ3n) is 1.56. The van der Waals surface area contributed by atoms with Gasteiger partial charge in [-0.15, -0.1) is 0 Å². The van der Waals surface area contributed by atoms with Gasteiger partial charge in [-0.05, 0) is 5.92 Å². The van der Waals surface area contributed by atoms with Crippen molar-refractivity contribution in [1.29, 1.82) is 0 Å². The van der Waals surface area contributed by atoms with Crippen molar-refractivity contribution in [2.24, 2.45) is 11.7 Å². The zero-order valence-electron chi connectivity index (χ0n) is 7.40. The summed E-state index contributed by atoms with van der Waals surface area (Å²) in [6, 6.07) is 0. The van der Waals surface area contributed by atoms with Gasteiger partial charge in [0.1, 0.15) is 5.78 Å². The molecule has 0 aliphatic carbocycles. The van der Waals surface area contributed by atoms with Crippen LogP contribution in [-0.2, 0) is 13.6 Å². The molecule has 1 atom stereocenters. The molecule has 0 spiro atoms. The van der Waals surface area contributed by atoms with Gasteiger partial charge in [-0.1, -0.05) is 13.8 Å². The summed E-state index contributed by atoms with van der Waals surface area (Å²) in [5.41, 5.74) is 5.60. The van der Waals surface area contributed by atoms with Crippen LogP contribution in [0.4, 0.5) is 0 Å². The van der Waals surface area contributed by atoms with Crippen molar-refractivity contribution in [1.82, 2.24) is 0 Å². The lowest BCUT2D eigenvalue weighted by molar-refractivity contribution is 0.257. The molecule has 0 radical (unpaired) electrons. The molecule has 0 rings (SSSR count). The highest BCUT2D eigenvalue weighted by atomic mass is 31.2. The second kappa shape index (κ2) is 4.21. The van der Waals surface area contributed by atoms with Crippen LogP contribution >= 0.6 is 7.60 Å². The lowest BCUT2D eigenvalue weighted by Gasteiger charge is -2.23. The summed E-state index contributed by atoms with van der Waals surface area (Å²) < 4.78 is 21.0. The average molecular weight is 181 g/mol. The van der Waals surface area contributed by atoms with E-state index in [1.807, 2.05) is 13.8 Å². The number of rotatable bonds is 4. The van der Waals surface area contributed by atoms with Crippen LogP contribution in [-0.4, -0.2) is 20.0 Å². The van der Waals surface area contributed by atoms with Gasteiger partial charge in [-0.25, -0.2) is 0 Å². The van der Waals surface area contributed by atoms with Gasteiger partial charge in [-0.2, -0.15) is 0 Å². The molecule has 0 fully saturated rings. The quantitative estimate of drug-likeness (QED) is 0.666. The normalized spacial score (nSPS) is 15.5. The van der Waals surface area contributed by atoms with E-state index in [9.17, 15) is 4.57 Å². The van der Waals surface area contributed by atoms with Crippen LogP contribution in [0.5, 0.6) is 0 Å². The molecule has 0 aliphatic heterocycles. The fourth-order valence-electron chi connectivity index (χ4n) is 0.683. The number of nitrogens with two attached hydrogens (primary N) is 1. The van der Waals surface area contributed by atoms with Gasteiger partial charge in [0.05, 0.1) is 0 Å². The Hall–Kier alpha value is 0.110. The third kappa shape index (κ3) is 2.56. The monoisotopic (exact) mass is 181 g/mol. The summed E-state index contributed by atoms with van der Waals surface area (Å²) >= 11 is 0. The van der Waals surface area contributed by atoms with Crippen LogP contribution in [0.3, 0.4) is 0 Å². The highest BCUT2D eigenvalue weighted by molar-refractivity contribution is 7.54. The van der Waals surface area contributed by atoms with Crippen LogP contribution in [0.15, 0.2) is 0 Å². The maximum atomic E-state index is 11.5. The first-order valence-corrected chi connectivity index (χ1v) is 5.06. The van der Waals surface area contributed by atoms with Gasteiger partial charge in [0.2, 0.25) is 0 Å². The minimum Gasteiger partial charge on any atom is -0.317 e. The van der Waals surface area contributed by atoms with Gasteiger partial charge in [0, 0.05) is 14.2 Å². The van der Waals surface area contributed by atoms with Crippen LogP contribution in [0.25, 0.3) is 0 Å². The third-order valence-corrected chi connectivity index (χ3v) is 3.90. The van der Waals surface area contributed by atoms with Gasteiger partial charge >= 0.3 is 7.60 Å². The van der Waals surface area contributed by atoms with Gasteiger partial charge in [0.25, 0.3) is 0 Å². The Morgan fingerprint density at radius 1 is 1.27 bits per heavy atom. The average Bonchev–Trinajstić information content (AvgIpc) is 2.01. The molecule has 0 aromatic rings. The van der Waals surface area contributed by atoms with E-state index in [2.05, 4.69) is 0 Å². The van der Waals surface area contributed by atoms with Crippen molar-refractivity contribution in [2.45, 2.75) is 19.6 Å². The van der Waals surface area contributed by atoms with E-state index in [1.165, 1.54) is 14.2 Å². The molecule has 11 heavy (non-hydrogen) atoms. The molecule has 0 bridgehead atoms. The second-order valence-corrected chi connectivity index (χ2v) is 5.05. The van der Waals surface area contributed by atoms with Crippen molar-refractivity contribution < 1.29 is 13.6 Å². The molecule has 0 amide bonds. The van der Waals surface area contributed by atoms with Crippen LogP contribution in [0.2, 0.25) is 0 Å². The van der Waals surface area contributed by atoms with Crippen molar-refractivity contribution >= 4 is 7.60 Å². The van der Waals surface area contributed by atoms with E-state index in [-0.39, 0.29) is 5.92 Å². The Morgan fingerprint density at radius 2 is 1.64 bits per heavy atom. The van der Waals surface area contributed by atoms with Crippen molar-refractivity contribution in [3.05, 3.63) is 0 Å². The Kier molecular flexibility index (Phi) is 4.26. The Morgan fingerprint density at radius 3 is 1.73 bits per heavy atom. The SMILES string of the molecule is COP(=O)(OC)[C@H](N)C(C)C. The van der Waals surface area contributed by atoms with Crippen molar-refractivity contribution in [2.75, 3.05) is 14.2 Å². The minimum absolute atomic E-state index is 0.0840. The maximum absolute atomic E-state index is 11.5. The highest BCUT2D eigenvalue weighted by Crippen LogP contribution is 2.51. The first-order chi connectivity index (χ1) is 4.98. The molecule has 0 saturated carbocycles. The lowest BCUT2D eigenvalue weighted by atomic mass is 10.2. The van der Waals surface area contributed by atoms with Crippen molar-refractivity contribution in [3.63, 3.8) is 0 Å². The van der Waals surface area contributed by atoms with E-state index in [0.29, 0.717) is 0 Å². The maximum Gasteiger partial charge on any atom is 0.346 e. The molecular formula is C6H16NO3P. The fraction of sp³-hybridized carbons (Fsp3) is 1.00. The standard InChI is InChI=1S/C6H16NO3P/c1-5(2)6(7)11(8,9-3)10-4/h5-6H,7H2,1-4H3/t6-/m0/s1. The summed E-state index contributed by atoms with van der Waals surface area (Å²) in [6.45, 7) is 3.74. The van der Waals surface area contributed by atoms with E-state index >= 15 is 0 Å². The van der Waals surface area contributed by atoms with Gasteiger partial charge in [-0.3, -0.25) is 4.57 Å². The first kappa shape index (κ1) is 11.1. The zero-order chi connectivity index (χ0) is 9.07. The Bertz CT molecular complexity index is 152. The van der Waals surface area contributed by atoms with E-state index in [1.54, 1.807) is 0 Å². The summed E-state index contributed by atoms with van der Waals surface area (Å²) in [5.74, 6) is -0.460. The lowest BCUT2D eigenvalue weighted by Crippen LogP contribution is -2.27. The smallest absolute Gasteiger partial charge is 0.317 e. The largest absolute Gasteiger partial charge is 0.346 e. The molecule has 68 valence electrons. The molecule has 0 heterocycles. The number of hydrogen-bond acceptors (Lipinski definition) is 4. The van der Waals surface area contributed by atoms with E-state index in [4.69, 9.17) is 14.8 Å². The number of hydrogen-bond donors (Lipinski definition) is 1. The molecule has 0 aromatic heterocycles. The van der Waals surface area contributed by atoms with Crippen LogP contribution < -0.4 is 5.73 Å². The van der Waals surface area contributed by atoms with E-state index in [0.717, 1.165) is 0 Å². The molecular weight excluding hydrogens is 165 g/mol. The van der Waals surface area contributed by atoms with Gasteiger partial charge < -0.3 is 14.8 Å². The fourth-order valence-corrected chi connectivity index (χ4v) is 2.05. The Labute approximate surface area is 67.6 Å². The minimum atomic E-state index is -3.05. The van der Waals surface area contributed by atoms with Gasteiger partial charge in [0.15, 0.2) is 0 Å². The summed E-state index contributed by atoms with van der Waals surface area (Å²) in [5, 5.41) is 0. The summed E-state index contributed by atoms with van der Waals surface area (Å²) in [7, 11) is -0.371. The molecule has 0 unspecified atom stereocenters. The summed E-state index contributed by atoms with van der Waals surface area (Å²) in [6.07, 6.45) is 0. The molecule has 5 heteroatoms. The second-order valence-electron chi connectivity index (χ2n) is 2.64. The molecule has 0 aromatic carbocycles. The molecule has 0 saturated heterocycles.